The third kappa shape index (κ3) is 3.80. The van der Waals surface area contributed by atoms with Gasteiger partial charge in [0, 0.05) is 18.7 Å². The summed E-state index contributed by atoms with van der Waals surface area (Å²) in [7, 11) is 1.93. The van der Waals surface area contributed by atoms with Gasteiger partial charge in [0.25, 0.3) is 5.91 Å². The Kier molecular flexibility index (Phi) is 5.96. The van der Waals surface area contributed by atoms with Crippen molar-refractivity contribution in [3.05, 3.63) is 69.2 Å². The molecule has 1 heterocycles. The molecule has 3 nitrogen and oxygen atoms in total. The van der Waals surface area contributed by atoms with Gasteiger partial charge >= 0.3 is 0 Å². The summed E-state index contributed by atoms with van der Waals surface area (Å²) in [6, 6.07) is 14.1. The quantitative estimate of drug-likeness (QED) is 0.607. The molecular formula is C23H26Cl2N2O. The molecule has 1 fully saturated rings. The van der Waals surface area contributed by atoms with Crippen LogP contribution in [-0.2, 0) is 6.42 Å². The van der Waals surface area contributed by atoms with Gasteiger partial charge in [0.2, 0.25) is 0 Å². The number of rotatable bonds is 3. The summed E-state index contributed by atoms with van der Waals surface area (Å²) < 4.78 is 0. The van der Waals surface area contributed by atoms with Crippen LogP contribution < -0.4 is 0 Å². The van der Waals surface area contributed by atoms with Gasteiger partial charge in [-0.1, -0.05) is 47.5 Å². The van der Waals surface area contributed by atoms with E-state index in [1.165, 1.54) is 24.0 Å². The van der Waals surface area contributed by atoms with E-state index >= 15 is 0 Å². The first-order valence-corrected chi connectivity index (χ1v) is 10.9. The van der Waals surface area contributed by atoms with Crippen molar-refractivity contribution in [2.75, 3.05) is 20.1 Å². The average molecular weight is 417 g/mol. The Morgan fingerprint density at radius 1 is 1.04 bits per heavy atom. The first-order chi connectivity index (χ1) is 13.6. The molecule has 0 unspecified atom stereocenters. The first kappa shape index (κ1) is 19.8. The largest absolute Gasteiger partial charge is 0.333 e. The summed E-state index contributed by atoms with van der Waals surface area (Å²) >= 11 is 12.2. The second kappa shape index (κ2) is 8.44. The summed E-state index contributed by atoms with van der Waals surface area (Å²) in [6.45, 7) is 2.25. The molecule has 0 saturated carbocycles. The topological polar surface area (TPSA) is 23.6 Å². The second-order valence-corrected chi connectivity index (χ2v) is 8.71. The number of nitrogens with zero attached hydrogens (tertiary/aromatic N) is 2. The van der Waals surface area contributed by atoms with Crippen molar-refractivity contribution in [2.45, 2.75) is 44.2 Å². The number of aryl methyl sites for hydroxylation is 1. The van der Waals surface area contributed by atoms with Crippen molar-refractivity contribution in [2.24, 2.45) is 0 Å². The minimum Gasteiger partial charge on any atom is -0.333 e. The lowest BCUT2D eigenvalue weighted by molar-refractivity contribution is 0.0586. The molecule has 0 bridgehead atoms. The van der Waals surface area contributed by atoms with Gasteiger partial charge in [-0.25, -0.2) is 0 Å². The van der Waals surface area contributed by atoms with Crippen LogP contribution >= 0.6 is 23.2 Å². The molecule has 1 aliphatic heterocycles. The minimum absolute atomic E-state index is 0.00975. The fraction of sp³-hybridized carbons (Fsp3) is 0.435. The molecule has 4 rings (SSSR count). The maximum atomic E-state index is 13.4. The van der Waals surface area contributed by atoms with Gasteiger partial charge in [0.15, 0.2) is 0 Å². The zero-order valence-electron chi connectivity index (χ0n) is 16.2. The number of carbonyl (C=O) groups excluding carboxylic acids is 1. The van der Waals surface area contributed by atoms with Crippen LogP contribution in [0.1, 0.15) is 53.2 Å². The molecule has 5 heteroatoms. The highest BCUT2D eigenvalue weighted by Gasteiger charge is 2.37. The molecule has 2 aromatic carbocycles. The molecule has 2 aliphatic rings. The number of likely N-dealkylation sites (tertiary alicyclic amines) is 1. The normalized spacial score (nSPS) is 22.5. The highest BCUT2D eigenvalue weighted by atomic mass is 35.5. The highest BCUT2D eigenvalue weighted by molar-refractivity contribution is 6.42. The van der Waals surface area contributed by atoms with E-state index in [9.17, 15) is 4.79 Å². The van der Waals surface area contributed by atoms with E-state index in [1.807, 2.05) is 11.9 Å². The van der Waals surface area contributed by atoms with Gasteiger partial charge in [0.1, 0.15) is 0 Å². The van der Waals surface area contributed by atoms with Crippen LogP contribution in [0, 0.1) is 0 Å². The number of fused-ring (bicyclic) bond motifs is 1. The number of likely N-dealkylation sites (N-methyl/N-ethyl adjacent to an activating group) is 1. The first-order valence-electron chi connectivity index (χ1n) is 10.1. The van der Waals surface area contributed by atoms with Crippen LogP contribution in [0.4, 0.5) is 0 Å². The number of benzene rings is 2. The van der Waals surface area contributed by atoms with Gasteiger partial charge < -0.3 is 4.90 Å². The maximum Gasteiger partial charge on any atom is 0.254 e. The summed E-state index contributed by atoms with van der Waals surface area (Å²) in [5.74, 6) is -0.00975. The van der Waals surface area contributed by atoms with Crippen molar-refractivity contribution in [1.82, 2.24) is 9.80 Å². The third-order valence-corrected chi connectivity index (χ3v) is 6.94. The number of hydrogen-bond donors (Lipinski definition) is 0. The lowest BCUT2D eigenvalue weighted by atomic mass is 9.93. The number of halogens is 2. The van der Waals surface area contributed by atoms with E-state index in [4.69, 9.17) is 23.2 Å². The van der Waals surface area contributed by atoms with Crippen molar-refractivity contribution >= 4 is 29.1 Å². The Balaban J connectivity index is 1.72. The van der Waals surface area contributed by atoms with Gasteiger partial charge in [-0.2, -0.15) is 0 Å². The van der Waals surface area contributed by atoms with Crippen LogP contribution in [0.25, 0.3) is 0 Å². The molecule has 0 radical (unpaired) electrons. The fourth-order valence-corrected chi connectivity index (χ4v) is 5.10. The van der Waals surface area contributed by atoms with E-state index in [-0.39, 0.29) is 11.9 Å². The SMILES string of the molecule is CN(C(=O)c1ccc(Cl)c(Cl)c1)[C@H]1c2ccccc2CCC[C@@H]1N1CCCC1. The zero-order valence-corrected chi connectivity index (χ0v) is 17.7. The minimum atomic E-state index is -0.00975. The Morgan fingerprint density at radius 3 is 2.54 bits per heavy atom. The van der Waals surface area contributed by atoms with Crippen LogP contribution in [-0.4, -0.2) is 41.9 Å². The maximum absolute atomic E-state index is 13.4. The Morgan fingerprint density at radius 2 is 1.79 bits per heavy atom. The van der Waals surface area contributed by atoms with E-state index in [2.05, 4.69) is 29.2 Å². The van der Waals surface area contributed by atoms with Gasteiger partial charge in [-0.15, -0.1) is 0 Å². The summed E-state index contributed by atoms with van der Waals surface area (Å²) in [6.07, 6.45) is 5.83. The van der Waals surface area contributed by atoms with Crippen LogP contribution in [0.5, 0.6) is 0 Å². The highest BCUT2D eigenvalue weighted by Crippen LogP contribution is 2.37. The Labute approximate surface area is 177 Å². The van der Waals surface area contributed by atoms with Gasteiger partial charge in [-0.05, 0) is 74.5 Å². The third-order valence-electron chi connectivity index (χ3n) is 6.20. The Hall–Kier alpha value is -1.55. The molecule has 2 atom stereocenters. The smallest absolute Gasteiger partial charge is 0.254 e. The molecular weight excluding hydrogens is 391 g/mol. The van der Waals surface area contributed by atoms with Crippen molar-refractivity contribution in [3.8, 4) is 0 Å². The average Bonchev–Trinajstić information content (AvgIpc) is 3.17. The number of hydrogen-bond acceptors (Lipinski definition) is 2. The predicted molar refractivity (Wildman–Crippen MR) is 115 cm³/mol. The number of carbonyl (C=O) groups is 1. The summed E-state index contributed by atoms with van der Waals surface area (Å²) in [5, 5.41) is 0.883. The summed E-state index contributed by atoms with van der Waals surface area (Å²) in [4.78, 5) is 17.9. The van der Waals surface area contributed by atoms with Crippen LogP contribution in [0.2, 0.25) is 10.0 Å². The lowest BCUT2D eigenvalue weighted by Crippen LogP contribution is -2.45. The molecule has 0 N–H and O–H groups in total. The van der Waals surface area contributed by atoms with Crippen LogP contribution in [0.3, 0.4) is 0 Å². The number of amides is 1. The van der Waals surface area contributed by atoms with Gasteiger partial charge in [0.05, 0.1) is 16.1 Å². The van der Waals surface area contributed by atoms with E-state index < -0.39 is 0 Å². The molecule has 0 aromatic heterocycles. The molecule has 1 aliphatic carbocycles. The van der Waals surface area contributed by atoms with E-state index in [0.717, 1.165) is 32.4 Å². The molecule has 2 aromatic rings. The lowest BCUT2D eigenvalue weighted by Gasteiger charge is -2.39. The van der Waals surface area contributed by atoms with Crippen molar-refractivity contribution in [3.63, 3.8) is 0 Å². The fourth-order valence-electron chi connectivity index (χ4n) is 4.80. The van der Waals surface area contributed by atoms with Crippen molar-refractivity contribution < 1.29 is 4.79 Å². The van der Waals surface area contributed by atoms with Gasteiger partial charge in [-0.3, -0.25) is 9.69 Å². The predicted octanol–water partition coefficient (Wildman–Crippen LogP) is 5.61. The zero-order chi connectivity index (χ0) is 19.7. The van der Waals surface area contributed by atoms with E-state index in [0.29, 0.717) is 21.7 Å². The monoisotopic (exact) mass is 416 g/mol. The molecule has 0 spiro atoms. The molecule has 28 heavy (non-hydrogen) atoms. The Bertz CT molecular complexity index is 863. The van der Waals surface area contributed by atoms with Crippen LogP contribution in [0.15, 0.2) is 42.5 Å². The molecule has 148 valence electrons. The van der Waals surface area contributed by atoms with Crippen molar-refractivity contribution in [1.29, 1.82) is 0 Å². The molecule has 1 amide bonds. The standard InChI is InChI=1S/C23H26Cl2N2O/c1-26(23(28)17-11-12-19(24)20(25)15-17)22-18-9-3-2-7-16(18)8-6-10-21(22)27-13-4-5-14-27/h2-3,7,9,11-12,15,21-22H,4-6,8,10,13-14H2,1H3/t21-,22-/m0/s1. The summed E-state index contributed by atoms with van der Waals surface area (Å²) in [5.41, 5.74) is 3.23. The molecule has 1 saturated heterocycles. The second-order valence-electron chi connectivity index (χ2n) is 7.89. The van der Waals surface area contributed by atoms with E-state index in [1.54, 1.807) is 18.2 Å².